The molecular weight excluding hydrogens is 258 g/mol. The minimum absolute atomic E-state index is 0.670. The number of rotatable bonds is 11. The maximum Gasteiger partial charge on any atom is 0.118 e. The molecule has 1 aromatic carbocycles. The van der Waals surface area contributed by atoms with Crippen LogP contribution in [0.25, 0.3) is 0 Å². The summed E-state index contributed by atoms with van der Waals surface area (Å²) in [6, 6.07) is 9.16. The van der Waals surface area contributed by atoms with Crippen LogP contribution in [-0.2, 0) is 6.54 Å². The number of unbranched alkanes of at least 4 members (excludes halogenated alkanes) is 3. The van der Waals surface area contributed by atoms with Crippen LogP contribution in [0.4, 0.5) is 0 Å². The summed E-state index contributed by atoms with van der Waals surface area (Å²) in [7, 11) is 1.72. The van der Waals surface area contributed by atoms with Gasteiger partial charge in [0.2, 0.25) is 0 Å². The topological polar surface area (TPSA) is 12.5 Å². The predicted molar refractivity (Wildman–Crippen MR) is 91.9 cm³/mol. The minimum Gasteiger partial charge on any atom is -0.497 e. The summed E-state index contributed by atoms with van der Waals surface area (Å²) in [6.07, 6.45) is 7.96. The lowest BCUT2D eigenvalue weighted by molar-refractivity contribution is 0.187. The van der Waals surface area contributed by atoms with Gasteiger partial charge in [0.05, 0.1) is 7.11 Å². The van der Waals surface area contributed by atoms with Gasteiger partial charge in [0.1, 0.15) is 5.75 Å². The van der Waals surface area contributed by atoms with E-state index in [0.29, 0.717) is 6.04 Å². The molecule has 2 nitrogen and oxygen atoms in total. The first-order valence-electron chi connectivity index (χ1n) is 8.58. The van der Waals surface area contributed by atoms with Crippen LogP contribution in [0.15, 0.2) is 24.3 Å². The molecule has 1 atom stereocenters. The first-order chi connectivity index (χ1) is 10.2. The fraction of sp³-hybridized carbons (Fsp3) is 0.684. The molecule has 120 valence electrons. The summed E-state index contributed by atoms with van der Waals surface area (Å²) < 4.78 is 5.23. The lowest BCUT2D eigenvalue weighted by atomic mass is 10.1. The third kappa shape index (κ3) is 6.99. The standard InChI is InChI=1S/C19H33NO/c1-5-7-8-9-10-17(3)20(15-6-2)16-18-11-13-19(21-4)14-12-18/h11-14,17H,5-10,15-16H2,1-4H3/t17-/m1/s1. The fourth-order valence-electron chi connectivity index (χ4n) is 2.76. The first kappa shape index (κ1) is 18.0. The second-order valence-corrected chi connectivity index (χ2v) is 6.02. The molecule has 0 heterocycles. The van der Waals surface area contributed by atoms with Crippen LogP contribution in [0, 0.1) is 0 Å². The number of methoxy groups -OCH3 is 1. The van der Waals surface area contributed by atoms with Crippen LogP contribution in [-0.4, -0.2) is 24.6 Å². The van der Waals surface area contributed by atoms with Gasteiger partial charge in [-0.3, -0.25) is 4.90 Å². The van der Waals surface area contributed by atoms with Gasteiger partial charge in [-0.1, -0.05) is 51.7 Å². The highest BCUT2D eigenvalue weighted by atomic mass is 16.5. The molecule has 0 aromatic heterocycles. The molecule has 0 aliphatic carbocycles. The molecule has 0 amide bonds. The molecule has 0 fully saturated rings. The zero-order valence-corrected chi connectivity index (χ0v) is 14.4. The molecule has 0 aliphatic heterocycles. The summed E-state index contributed by atoms with van der Waals surface area (Å²) in [5.41, 5.74) is 1.38. The summed E-state index contributed by atoms with van der Waals surface area (Å²) in [5, 5.41) is 0. The van der Waals surface area contributed by atoms with Crippen LogP contribution in [0.2, 0.25) is 0 Å². The molecule has 2 heteroatoms. The number of ether oxygens (including phenoxy) is 1. The maximum atomic E-state index is 5.23. The van der Waals surface area contributed by atoms with Crippen molar-refractivity contribution in [2.45, 2.75) is 71.9 Å². The Labute approximate surface area is 131 Å². The second-order valence-electron chi connectivity index (χ2n) is 6.02. The number of benzene rings is 1. The summed E-state index contributed by atoms with van der Waals surface area (Å²) in [4.78, 5) is 2.62. The zero-order chi connectivity index (χ0) is 15.5. The van der Waals surface area contributed by atoms with Crippen molar-refractivity contribution in [2.24, 2.45) is 0 Å². The van der Waals surface area contributed by atoms with E-state index in [1.807, 2.05) is 0 Å². The van der Waals surface area contributed by atoms with Gasteiger partial charge in [0.15, 0.2) is 0 Å². The van der Waals surface area contributed by atoms with E-state index in [1.54, 1.807) is 7.11 Å². The Balaban J connectivity index is 2.50. The molecule has 0 bridgehead atoms. The quantitative estimate of drug-likeness (QED) is 0.515. The minimum atomic E-state index is 0.670. The fourth-order valence-corrected chi connectivity index (χ4v) is 2.76. The molecule has 0 spiro atoms. The molecule has 0 saturated carbocycles. The predicted octanol–water partition coefficient (Wildman–Crippen LogP) is 5.27. The van der Waals surface area contributed by atoms with Crippen LogP contribution in [0.5, 0.6) is 5.75 Å². The van der Waals surface area contributed by atoms with Gasteiger partial charge in [0.25, 0.3) is 0 Å². The van der Waals surface area contributed by atoms with Crippen molar-refractivity contribution in [2.75, 3.05) is 13.7 Å². The summed E-state index contributed by atoms with van der Waals surface area (Å²) in [5.74, 6) is 0.938. The average Bonchev–Trinajstić information content (AvgIpc) is 2.51. The number of hydrogen-bond acceptors (Lipinski definition) is 2. The smallest absolute Gasteiger partial charge is 0.118 e. The monoisotopic (exact) mass is 291 g/mol. The summed E-state index contributed by atoms with van der Waals surface area (Å²) in [6.45, 7) is 9.15. The molecule has 21 heavy (non-hydrogen) atoms. The third-order valence-electron chi connectivity index (χ3n) is 4.15. The Morgan fingerprint density at radius 3 is 2.29 bits per heavy atom. The Hall–Kier alpha value is -1.02. The first-order valence-corrected chi connectivity index (χ1v) is 8.58. The van der Waals surface area contributed by atoms with E-state index in [4.69, 9.17) is 4.74 Å². The molecule has 0 unspecified atom stereocenters. The van der Waals surface area contributed by atoms with Crippen LogP contribution >= 0.6 is 0 Å². The van der Waals surface area contributed by atoms with E-state index in [-0.39, 0.29) is 0 Å². The highest BCUT2D eigenvalue weighted by Crippen LogP contribution is 2.17. The zero-order valence-electron chi connectivity index (χ0n) is 14.4. The lowest BCUT2D eigenvalue weighted by Crippen LogP contribution is -2.33. The molecule has 0 aliphatic rings. The summed E-state index contributed by atoms with van der Waals surface area (Å²) >= 11 is 0. The van der Waals surface area contributed by atoms with E-state index in [9.17, 15) is 0 Å². The molecule has 1 aromatic rings. The maximum absolute atomic E-state index is 5.23. The molecule has 1 rings (SSSR count). The highest BCUT2D eigenvalue weighted by Gasteiger charge is 2.13. The molecule has 0 N–H and O–H groups in total. The normalized spacial score (nSPS) is 12.6. The van der Waals surface area contributed by atoms with Crippen molar-refractivity contribution >= 4 is 0 Å². The third-order valence-corrected chi connectivity index (χ3v) is 4.15. The van der Waals surface area contributed by atoms with E-state index in [2.05, 4.69) is 49.9 Å². The van der Waals surface area contributed by atoms with E-state index in [0.717, 1.165) is 12.3 Å². The molecule has 0 saturated heterocycles. The van der Waals surface area contributed by atoms with Crippen molar-refractivity contribution in [1.82, 2.24) is 4.90 Å². The van der Waals surface area contributed by atoms with Gasteiger partial charge in [-0.15, -0.1) is 0 Å². The van der Waals surface area contributed by atoms with Crippen LogP contribution < -0.4 is 4.74 Å². The van der Waals surface area contributed by atoms with Gasteiger partial charge in [-0.2, -0.15) is 0 Å². The van der Waals surface area contributed by atoms with Crippen LogP contribution in [0.3, 0.4) is 0 Å². The van der Waals surface area contributed by atoms with Crippen molar-refractivity contribution < 1.29 is 4.74 Å². The van der Waals surface area contributed by atoms with Gasteiger partial charge in [-0.05, 0) is 44.0 Å². The molecule has 0 radical (unpaired) electrons. The largest absolute Gasteiger partial charge is 0.497 e. The van der Waals surface area contributed by atoms with Crippen molar-refractivity contribution in [3.05, 3.63) is 29.8 Å². The Morgan fingerprint density at radius 1 is 1.00 bits per heavy atom. The highest BCUT2D eigenvalue weighted by molar-refractivity contribution is 5.27. The number of hydrogen-bond donors (Lipinski definition) is 0. The lowest BCUT2D eigenvalue weighted by Gasteiger charge is -2.29. The Bertz CT molecular complexity index is 360. The molecular formula is C19H33NO. The van der Waals surface area contributed by atoms with Crippen molar-refractivity contribution in [1.29, 1.82) is 0 Å². The Morgan fingerprint density at radius 2 is 1.71 bits per heavy atom. The second kappa shape index (κ2) is 10.7. The van der Waals surface area contributed by atoms with Gasteiger partial charge in [0, 0.05) is 12.6 Å². The van der Waals surface area contributed by atoms with Gasteiger partial charge < -0.3 is 4.74 Å². The average molecular weight is 291 g/mol. The number of nitrogens with zero attached hydrogens (tertiary/aromatic N) is 1. The van der Waals surface area contributed by atoms with E-state index in [1.165, 1.54) is 50.6 Å². The van der Waals surface area contributed by atoms with Gasteiger partial charge in [-0.25, -0.2) is 0 Å². The van der Waals surface area contributed by atoms with Crippen LogP contribution in [0.1, 0.15) is 64.9 Å². The van der Waals surface area contributed by atoms with E-state index >= 15 is 0 Å². The van der Waals surface area contributed by atoms with Crippen molar-refractivity contribution in [3.8, 4) is 5.75 Å². The Kier molecular flexibility index (Phi) is 9.16. The van der Waals surface area contributed by atoms with Gasteiger partial charge >= 0.3 is 0 Å². The SMILES string of the molecule is CCCCCC[C@@H](C)N(CCC)Cc1ccc(OC)cc1. The van der Waals surface area contributed by atoms with E-state index < -0.39 is 0 Å². The van der Waals surface area contributed by atoms with Crippen molar-refractivity contribution in [3.63, 3.8) is 0 Å².